The minimum absolute atomic E-state index is 0.0581. The van der Waals surface area contributed by atoms with Crippen molar-refractivity contribution in [2.45, 2.75) is 32.4 Å². The van der Waals surface area contributed by atoms with E-state index in [1.54, 1.807) is 26.4 Å². The molecule has 1 atom stereocenters. The molecule has 3 N–H and O–H groups in total. The van der Waals surface area contributed by atoms with Crippen molar-refractivity contribution in [3.05, 3.63) is 23.8 Å². The van der Waals surface area contributed by atoms with Crippen molar-refractivity contribution >= 4 is 5.91 Å². The second-order valence-electron chi connectivity index (χ2n) is 4.65. The molecule has 0 aliphatic rings. The minimum atomic E-state index is -0.362. The van der Waals surface area contributed by atoms with Gasteiger partial charge in [-0.15, -0.1) is 0 Å². The predicted molar refractivity (Wildman–Crippen MR) is 74.4 cm³/mol. The highest BCUT2D eigenvalue weighted by molar-refractivity contribution is 5.77. The van der Waals surface area contributed by atoms with Crippen LogP contribution in [0.2, 0.25) is 0 Å². The maximum absolute atomic E-state index is 11.7. The number of amides is 1. The van der Waals surface area contributed by atoms with E-state index in [0.717, 1.165) is 5.56 Å². The van der Waals surface area contributed by atoms with Crippen LogP contribution in [-0.2, 0) is 4.79 Å². The average Bonchev–Trinajstić information content (AvgIpc) is 2.36. The lowest BCUT2D eigenvalue weighted by Gasteiger charge is -2.15. The number of benzene rings is 1. The zero-order valence-corrected chi connectivity index (χ0v) is 11.9. The SMILES string of the molecule is COc1ccc(C(N)CC(=O)NC(C)C)cc1OC. The molecule has 19 heavy (non-hydrogen) atoms. The van der Waals surface area contributed by atoms with Crippen molar-refractivity contribution in [2.24, 2.45) is 5.73 Å². The van der Waals surface area contributed by atoms with Crippen LogP contribution in [0, 0.1) is 0 Å². The van der Waals surface area contributed by atoms with Gasteiger partial charge in [0.25, 0.3) is 0 Å². The van der Waals surface area contributed by atoms with Crippen LogP contribution < -0.4 is 20.5 Å². The molecule has 0 heterocycles. The van der Waals surface area contributed by atoms with Gasteiger partial charge in [-0.2, -0.15) is 0 Å². The Morgan fingerprint density at radius 2 is 1.89 bits per heavy atom. The molecule has 0 aliphatic carbocycles. The summed E-state index contributed by atoms with van der Waals surface area (Å²) in [4.78, 5) is 11.7. The van der Waals surface area contributed by atoms with Gasteiger partial charge in [-0.3, -0.25) is 4.79 Å². The Bertz CT molecular complexity index is 433. The fourth-order valence-electron chi connectivity index (χ4n) is 1.78. The molecule has 1 rings (SSSR count). The van der Waals surface area contributed by atoms with Crippen molar-refractivity contribution in [1.29, 1.82) is 0 Å². The molecule has 0 fully saturated rings. The molecule has 0 aliphatic heterocycles. The lowest BCUT2D eigenvalue weighted by Crippen LogP contribution is -2.32. The monoisotopic (exact) mass is 266 g/mol. The highest BCUT2D eigenvalue weighted by Gasteiger charge is 2.14. The van der Waals surface area contributed by atoms with Crippen molar-refractivity contribution in [3.63, 3.8) is 0 Å². The van der Waals surface area contributed by atoms with E-state index in [-0.39, 0.29) is 24.4 Å². The molecule has 0 aromatic heterocycles. The molecule has 1 amide bonds. The lowest BCUT2D eigenvalue weighted by molar-refractivity contribution is -0.121. The number of rotatable bonds is 6. The first kappa shape index (κ1) is 15.3. The van der Waals surface area contributed by atoms with E-state index in [1.807, 2.05) is 19.9 Å². The van der Waals surface area contributed by atoms with E-state index >= 15 is 0 Å². The molecule has 0 spiro atoms. The quantitative estimate of drug-likeness (QED) is 0.820. The second kappa shape index (κ2) is 6.99. The normalized spacial score (nSPS) is 12.1. The van der Waals surface area contributed by atoms with Crippen LogP contribution in [0.4, 0.5) is 0 Å². The first-order valence-electron chi connectivity index (χ1n) is 6.24. The predicted octanol–water partition coefficient (Wildman–Crippen LogP) is 1.62. The van der Waals surface area contributed by atoms with Gasteiger partial charge in [0.1, 0.15) is 0 Å². The summed E-state index contributed by atoms with van der Waals surface area (Å²) < 4.78 is 10.4. The van der Waals surface area contributed by atoms with Gasteiger partial charge in [-0.25, -0.2) is 0 Å². The number of nitrogens with one attached hydrogen (secondary N) is 1. The van der Waals surface area contributed by atoms with E-state index in [0.29, 0.717) is 11.5 Å². The number of ether oxygens (including phenoxy) is 2. The number of hydrogen-bond donors (Lipinski definition) is 2. The average molecular weight is 266 g/mol. The summed E-state index contributed by atoms with van der Waals surface area (Å²) in [7, 11) is 3.15. The van der Waals surface area contributed by atoms with Crippen molar-refractivity contribution in [2.75, 3.05) is 14.2 Å². The Labute approximate surface area is 114 Å². The Balaban J connectivity index is 2.77. The van der Waals surface area contributed by atoms with E-state index < -0.39 is 0 Å². The van der Waals surface area contributed by atoms with Crippen LogP contribution in [0.1, 0.15) is 31.9 Å². The summed E-state index contributed by atoms with van der Waals surface area (Å²) in [5.74, 6) is 1.20. The zero-order chi connectivity index (χ0) is 14.4. The lowest BCUT2D eigenvalue weighted by atomic mass is 10.0. The third-order valence-corrected chi connectivity index (χ3v) is 2.69. The Hall–Kier alpha value is -1.75. The third-order valence-electron chi connectivity index (χ3n) is 2.69. The van der Waals surface area contributed by atoms with E-state index in [2.05, 4.69) is 5.32 Å². The molecule has 0 saturated heterocycles. The largest absolute Gasteiger partial charge is 0.493 e. The fraction of sp³-hybridized carbons (Fsp3) is 0.500. The molecule has 1 unspecified atom stereocenters. The number of carbonyl (C=O) groups is 1. The first-order valence-corrected chi connectivity index (χ1v) is 6.24. The summed E-state index contributed by atoms with van der Waals surface area (Å²) >= 11 is 0. The van der Waals surface area contributed by atoms with Gasteiger partial charge in [0, 0.05) is 18.5 Å². The smallest absolute Gasteiger partial charge is 0.222 e. The molecular formula is C14H22N2O3. The van der Waals surface area contributed by atoms with Crippen LogP contribution >= 0.6 is 0 Å². The van der Waals surface area contributed by atoms with Gasteiger partial charge in [0.15, 0.2) is 11.5 Å². The summed E-state index contributed by atoms with van der Waals surface area (Å²) in [5.41, 5.74) is 6.87. The molecule has 5 heteroatoms. The molecule has 106 valence electrons. The third kappa shape index (κ3) is 4.44. The fourth-order valence-corrected chi connectivity index (χ4v) is 1.78. The molecular weight excluding hydrogens is 244 g/mol. The molecule has 1 aromatic carbocycles. The van der Waals surface area contributed by atoms with Crippen LogP contribution in [0.15, 0.2) is 18.2 Å². The van der Waals surface area contributed by atoms with Crippen LogP contribution in [-0.4, -0.2) is 26.2 Å². The van der Waals surface area contributed by atoms with Crippen molar-refractivity contribution in [1.82, 2.24) is 5.32 Å². The van der Waals surface area contributed by atoms with Gasteiger partial charge in [0.2, 0.25) is 5.91 Å². The van der Waals surface area contributed by atoms with Gasteiger partial charge in [-0.1, -0.05) is 6.07 Å². The molecule has 0 saturated carbocycles. The first-order chi connectivity index (χ1) is 8.97. The number of carbonyl (C=O) groups excluding carboxylic acids is 1. The molecule has 1 aromatic rings. The van der Waals surface area contributed by atoms with Crippen molar-refractivity contribution in [3.8, 4) is 11.5 Å². The Kier molecular flexibility index (Phi) is 5.63. The maximum Gasteiger partial charge on any atom is 0.222 e. The van der Waals surface area contributed by atoms with Gasteiger partial charge >= 0.3 is 0 Å². The van der Waals surface area contributed by atoms with Gasteiger partial charge < -0.3 is 20.5 Å². The standard InChI is InChI=1S/C14H22N2O3/c1-9(2)16-14(17)8-11(15)10-5-6-12(18-3)13(7-10)19-4/h5-7,9,11H,8,15H2,1-4H3,(H,16,17). The van der Waals surface area contributed by atoms with Crippen LogP contribution in [0.5, 0.6) is 11.5 Å². The minimum Gasteiger partial charge on any atom is -0.493 e. The van der Waals surface area contributed by atoms with Crippen molar-refractivity contribution < 1.29 is 14.3 Å². The van der Waals surface area contributed by atoms with Crippen LogP contribution in [0.25, 0.3) is 0 Å². The summed E-state index contributed by atoms with van der Waals surface area (Å²) in [6, 6.07) is 5.18. The summed E-state index contributed by atoms with van der Waals surface area (Å²) in [6.07, 6.45) is 0.244. The highest BCUT2D eigenvalue weighted by Crippen LogP contribution is 2.30. The molecule has 5 nitrogen and oxygen atoms in total. The van der Waals surface area contributed by atoms with E-state index in [1.165, 1.54) is 0 Å². The summed E-state index contributed by atoms with van der Waals surface area (Å²) in [6.45, 7) is 3.83. The molecule has 0 radical (unpaired) electrons. The Morgan fingerprint density at radius 3 is 2.42 bits per heavy atom. The number of methoxy groups -OCH3 is 2. The Morgan fingerprint density at radius 1 is 1.26 bits per heavy atom. The number of hydrogen-bond acceptors (Lipinski definition) is 4. The zero-order valence-electron chi connectivity index (χ0n) is 11.9. The van der Waals surface area contributed by atoms with Gasteiger partial charge in [-0.05, 0) is 31.5 Å². The van der Waals surface area contributed by atoms with Crippen LogP contribution in [0.3, 0.4) is 0 Å². The molecule has 0 bridgehead atoms. The summed E-state index contributed by atoms with van der Waals surface area (Å²) in [5, 5.41) is 2.82. The van der Waals surface area contributed by atoms with Gasteiger partial charge in [0.05, 0.1) is 14.2 Å². The number of nitrogens with two attached hydrogens (primary N) is 1. The second-order valence-corrected chi connectivity index (χ2v) is 4.65. The topological polar surface area (TPSA) is 73.6 Å². The maximum atomic E-state index is 11.7. The van der Waals surface area contributed by atoms with E-state index in [9.17, 15) is 4.79 Å². The highest BCUT2D eigenvalue weighted by atomic mass is 16.5. The van der Waals surface area contributed by atoms with E-state index in [4.69, 9.17) is 15.2 Å².